The summed E-state index contributed by atoms with van der Waals surface area (Å²) in [5.74, 6) is 0.275. The highest BCUT2D eigenvalue weighted by Crippen LogP contribution is 2.15. The van der Waals surface area contributed by atoms with Gasteiger partial charge >= 0.3 is 0 Å². The third-order valence-electron chi connectivity index (χ3n) is 3.05. The van der Waals surface area contributed by atoms with Crippen molar-refractivity contribution >= 4 is 5.91 Å². The monoisotopic (exact) mass is 238 g/mol. The Morgan fingerprint density at radius 1 is 1.53 bits per heavy atom. The molecule has 1 unspecified atom stereocenters. The lowest BCUT2D eigenvalue weighted by Crippen LogP contribution is -2.39. The van der Waals surface area contributed by atoms with Crippen LogP contribution in [-0.4, -0.2) is 40.2 Å². The lowest BCUT2D eigenvalue weighted by molar-refractivity contribution is 0.0741. The van der Waals surface area contributed by atoms with Crippen LogP contribution in [0.5, 0.6) is 0 Å². The zero-order valence-electron chi connectivity index (χ0n) is 11.3. The van der Waals surface area contributed by atoms with Gasteiger partial charge in [0, 0.05) is 32.4 Å². The van der Waals surface area contributed by atoms with Gasteiger partial charge in [-0.15, -0.1) is 0 Å². The van der Waals surface area contributed by atoms with Gasteiger partial charge in [0.1, 0.15) is 0 Å². The summed E-state index contributed by atoms with van der Waals surface area (Å²) < 4.78 is 1.76. The quantitative estimate of drug-likeness (QED) is 0.850. The zero-order chi connectivity index (χ0) is 13.2. The Balaban J connectivity index is 2.94. The minimum atomic E-state index is -0.0783. The van der Waals surface area contributed by atoms with Crippen LogP contribution >= 0.6 is 0 Å². The van der Waals surface area contributed by atoms with Crippen molar-refractivity contribution in [1.82, 2.24) is 14.7 Å². The molecule has 96 valence electrons. The third-order valence-corrected chi connectivity index (χ3v) is 3.05. The van der Waals surface area contributed by atoms with E-state index in [4.69, 9.17) is 5.73 Å². The lowest BCUT2D eigenvalue weighted by atomic mass is 10.1. The van der Waals surface area contributed by atoms with E-state index < -0.39 is 0 Å². The van der Waals surface area contributed by atoms with Crippen LogP contribution in [-0.2, 0) is 7.05 Å². The van der Waals surface area contributed by atoms with E-state index in [-0.39, 0.29) is 11.9 Å². The van der Waals surface area contributed by atoms with Crippen LogP contribution in [0.1, 0.15) is 42.9 Å². The molecule has 17 heavy (non-hydrogen) atoms. The van der Waals surface area contributed by atoms with Crippen molar-refractivity contribution in [2.45, 2.75) is 32.7 Å². The highest BCUT2D eigenvalue weighted by Gasteiger charge is 2.20. The van der Waals surface area contributed by atoms with Crippen LogP contribution in [0, 0.1) is 0 Å². The molecule has 5 nitrogen and oxygen atoms in total. The third kappa shape index (κ3) is 2.85. The molecule has 0 aromatic carbocycles. The van der Waals surface area contributed by atoms with Gasteiger partial charge in [0.15, 0.2) is 5.69 Å². The Hall–Kier alpha value is -1.36. The maximum Gasteiger partial charge on any atom is 0.274 e. The average Bonchev–Trinajstić information content (AvgIpc) is 2.68. The summed E-state index contributed by atoms with van der Waals surface area (Å²) in [4.78, 5) is 13.8. The fourth-order valence-corrected chi connectivity index (χ4v) is 1.67. The van der Waals surface area contributed by atoms with Crippen LogP contribution < -0.4 is 5.73 Å². The first-order chi connectivity index (χ1) is 7.88. The summed E-state index contributed by atoms with van der Waals surface area (Å²) in [7, 11) is 3.61. The molecule has 1 atom stereocenters. The largest absolute Gasteiger partial charge is 0.336 e. The Kier molecular flexibility index (Phi) is 4.28. The van der Waals surface area contributed by atoms with E-state index in [1.807, 2.05) is 20.0 Å². The summed E-state index contributed by atoms with van der Waals surface area (Å²) >= 11 is 0. The second-order valence-electron chi connectivity index (χ2n) is 4.73. The molecule has 1 rings (SSSR count). The highest BCUT2D eigenvalue weighted by atomic mass is 16.2. The normalized spacial score (nSPS) is 12.9. The summed E-state index contributed by atoms with van der Waals surface area (Å²) in [5, 5.41) is 4.25. The smallest absolute Gasteiger partial charge is 0.274 e. The lowest BCUT2D eigenvalue weighted by Gasteiger charge is -2.22. The number of rotatable bonds is 4. The number of likely N-dealkylation sites (N-methyl/N-ethyl adjacent to an activating group) is 1. The van der Waals surface area contributed by atoms with E-state index in [9.17, 15) is 4.79 Å². The van der Waals surface area contributed by atoms with Gasteiger partial charge < -0.3 is 10.6 Å². The molecule has 0 aliphatic rings. The molecule has 0 aliphatic heterocycles. The molecule has 1 amide bonds. The second kappa shape index (κ2) is 5.31. The van der Waals surface area contributed by atoms with Crippen molar-refractivity contribution in [3.8, 4) is 0 Å². The van der Waals surface area contributed by atoms with Crippen LogP contribution in [0.4, 0.5) is 0 Å². The summed E-state index contributed by atoms with van der Waals surface area (Å²) in [5.41, 5.74) is 7.10. The first kappa shape index (κ1) is 13.7. The molecule has 0 spiro atoms. The summed E-state index contributed by atoms with van der Waals surface area (Å²) in [6.45, 7) is 6.53. The Morgan fingerprint density at radius 3 is 2.53 bits per heavy atom. The highest BCUT2D eigenvalue weighted by molar-refractivity contribution is 5.92. The number of aryl methyl sites for hydroxylation is 1. The van der Waals surface area contributed by atoms with Gasteiger partial charge in [-0.05, 0) is 18.9 Å². The summed E-state index contributed by atoms with van der Waals surface area (Å²) in [6.07, 6.45) is 0. The predicted molar refractivity (Wildman–Crippen MR) is 67.9 cm³/mol. The number of aromatic nitrogens is 2. The average molecular weight is 238 g/mol. The van der Waals surface area contributed by atoms with Gasteiger partial charge in [0.05, 0.1) is 0 Å². The number of hydrogen-bond acceptors (Lipinski definition) is 3. The van der Waals surface area contributed by atoms with Gasteiger partial charge in [0.2, 0.25) is 0 Å². The van der Waals surface area contributed by atoms with E-state index in [0.29, 0.717) is 18.2 Å². The number of nitrogens with two attached hydrogens (primary N) is 1. The van der Waals surface area contributed by atoms with Crippen LogP contribution in [0.15, 0.2) is 6.07 Å². The molecule has 0 aliphatic carbocycles. The SMILES string of the molecule is CC(C)c1cc(C(=O)N(C)C(C)CN)nn1C. The number of nitrogens with zero attached hydrogens (tertiary/aromatic N) is 3. The number of carbonyl (C=O) groups excluding carboxylic acids is 1. The maximum atomic E-state index is 12.1. The van der Waals surface area contributed by atoms with Crippen molar-refractivity contribution in [2.75, 3.05) is 13.6 Å². The number of hydrogen-bond donors (Lipinski definition) is 1. The van der Waals surface area contributed by atoms with Crippen molar-refractivity contribution in [1.29, 1.82) is 0 Å². The molecule has 5 heteroatoms. The predicted octanol–water partition coefficient (Wildman–Crippen LogP) is 0.963. The topological polar surface area (TPSA) is 64.2 Å². The van der Waals surface area contributed by atoms with Gasteiger partial charge in [-0.25, -0.2) is 0 Å². The molecule has 1 heterocycles. The molecule has 0 saturated heterocycles. The van der Waals surface area contributed by atoms with Crippen molar-refractivity contribution in [3.05, 3.63) is 17.5 Å². The van der Waals surface area contributed by atoms with Crippen molar-refractivity contribution < 1.29 is 4.79 Å². The first-order valence-electron chi connectivity index (χ1n) is 5.89. The van der Waals surface area contributed by atoms with Crippen molar-refractivity contribution in [2.24, 2.45) is 12.8 Å². The van der Waals surface area contributed by atoms with E-state index in [2.05, 4.69) is 18.9 Å². The minimum Gasteiger partial charge on any atom is -0.336 e. The second-order valence-corrected chi connectivity index (χ2v) is 4.73. The van der Waals surface area contributed by atoms with Gasteiger partial charge in [0.25, 0.3) is 5.91 Å². The van der Waals surface area contributed by atoms with Gasteiger partial charge in [-0.1, -0.05) is 13.8 Å². The van der Waals surface area contributed by atoms with E-state index in [1.165, 1.54) is 0 Å². The summed E-state index contributed by atoms with van der Waals surface area (Å²) in [6, 6.07) is 1.87. The fraction of sp³-hybridized carbons (Fsp3) is 0.667. The van der Waals surface area contributed by atoms with Crippen LogP contribution in [0.2, 0.25) is 0 Å². The molecule has 1 aromatic rings. The maximum absolute atomic E-state index is 12.1. The number of amides is 1. The van der Waals surface area contributed by atoms with Gasteiger partial charge in [-0.2, -0.15) is 5.10 Å². The molecule has 2 N–H and O–H groups in total. The van der Waals surface area contributed by atoms with E-state index in [0.717, 1.165) is 5.69 Å². The number of carbonyl (C=O) groups is 1. The van der Waals surface area contributed by atoms with Crippen molar-refractivity contribution in [3.63, 3.8) is 0 Å². The molecule has 0 bridgehead atoms. The molecular weight excluding hydrogens is 216 g/mol. The molecule has 0 radical (unpaired) electrons. The molecule has 0 fully saturated rings. The van der Waals surface area contributed by atoms with E-state index >= 15 is 0 Å². The zero-order valence-corrected chi connectivity index (χ0v) is 11.3. The Morgan fingerprint density at radius 2 is 2.12 bits per heavy atom. The van der Waals surface area contributed by atoms with Gasteiger partial charge in [-0.3, -0.25) is 9.48 Å². The van der Waals surface area contributed by atoms with E-state index in [1.54, 1.807) is 16.6 Å². The standard InChI is InChI=1S/C12H22N4O/c1-8(2)11-6-10(14-16(11)5)12(17)15(4)9(3)7-13/h6,8-9H,7,13H2,1-5H3. The fourth-order valence-electron chi connectivity index (χ4n) is 1.67. The molecular formula is C12H22N4O. The molecule has 0 saturated carbocycles. The Labute approximate surface area is 103 Å². The minimum absolute atomic E-state index is 0.0204. The van der Waals surface area contributed by atoms with Crippen LogP contribution in [0.3, 0.4) is 0 Å². The molecule has 1 aromatic heterocycles. The first-order valence-corrected chi connectivity index (χ1v) is 5.89. The Bertz CT molecular complexity index is 397. The van der Waals surface area contributed by atoms with Crippen LogP contribution in [0.25, 0.3) is 0 Å².